The molecule has 1 aromatic heterocycles. The quantitative estimate of drug-likeness (QED) is 0.623. The van der Waals surface area contributed by atoms with Crippen molar-refractivity contribution in [3.63, 3.8) is 0 Å². The Morgan fingerprint density at radius 3 is 2.54 bits per heavy atom. The van der Waals surface area contributed by atoms with Crippen LogP contribution in [-0.4, -0.2) is 30.2 Å². The van der Waals surface area contributed by atoms with Crippen LogP contribution < -0.4 is 5.32 Å². The molecule has 0 bridgehead atoms. The smallest absolute Gasteiger partial charge is 0.225 e. The van der Waals surface area contributed by atoms with Crippen molar-refractivity contribution >= 4 is 29.2 Å². The number of anilines is 1. The summed E-state index contributed by atoms with van der Waals surface area (Å²) in [7, 11) is 1.62. The summed E-state index contributed by atoms with van der Waals surface area (Å²) in [4.78, 5) is 7.82. The lowest BCUT2D eigenvalue weighted by Gasteiger charge is -2.03. The SMILES string of the molecule is COCCNc1nc(Cl)cc(Cl)n1. The number of methoxy groups -OCH3 is 1. The van der Waals surface area contributed by atoms with E-state index in [0.717, 1.165) is 0 Å². The predicted octanol–water partition coefficient (Wildman–Crippen LogP) is 1.84. The lowest BCUT2D eigenvalue weighted by atomic mass is 10.6. The fourth-order valence-corrected chi connectivity index (χ4v) is 1.16. The summed E-state index contributed by atoms with van der Waals surface area (Å²) in [5.74, 6) is 0.412. The Morgan fingerprint density at radius 2 is 2.00 bits per heavy atom. The Kier molecular flexibility index (Phi) is 4.21. The molecule has 4 nitrogen and oxygen atoms in total. The summed E-state index contributed by atoms with van der Waals surface area (Å²) >= 11 is 11.3. The molecule has 1 heterocycles. The Bertz CT molecular complexity index is 262. The zero-order chi connectivity index (χ0) is 9.68. The molecule has 0 aliphatic heterocycles. The lowest BCUT2D eigenvalue weighted by Crippen LogP contribution is -2.10. The van der Waals surface area contributed by atoms with Crippen LogP contribution in [0.3, 0.4) is 0 Å². The van der Waals surface area contributed by atoms with Crippen molar-refractivity contribution in [1.82, 2.24) is 9.97 Å². The van der Waals surface area contributed by atoms with Gasteiger partial charge in [0.05, 0.1) is 6.61 Å². The number of halogens is 2. The molecule has 1 aromatic rings. The highest BCUT2D eigenvalue weighted by Crippen LogP contribution is 2.13. The minimum atomic E-state index is 0.319. The monoisotopic (exact) mass is 221 g/mol. The molecule has 72 valence electrons. The molecule has 0 atom stereocenters. The van der Waals surface area contributed by atoms with E-state index in [4.69, 9.17) is 27.9 Å². The molecule has 6 heteroatoms. The average Bonchev–Trinajstić information content (AvgIpc) is 2.03. The summed E-state index contributed by atoms with van der Waals surface area (Å²) in [6.07, 6.45) is 0. The van der Waals surface area contributed by atoms with Gasteiger partial charge in [0.25, 0.3) is 0 Å². The molecule has 0 unspecified atom stereocenters. The number of aromatic nitrogens is 2. The maximum absolute atomic E-state index is 5.66. The van der Waals surface area contributed by atoms with Crippen molar-refractivity contribution < 1.29 is 4.74 Å². The van der Waals surface area contributed by atoms with Crippen LogP contribution in [0.15, 0.2) is 6.07 Å². The Labute approximate surface area is 86.2 Å². The van der Waals surface area contributed by atoms with E-state index < -0.39 is 0 Å². The van der Waals surface area contributed by atoms with Crippen LogP contribution in [0.1, 0.15) is 0 Å². The van der Waals surface area contributed by atoms with Gasteiger partial charge in [-0.15, -0.1) is 0 Å². The maximum atomic E-state index is 5.66. The number of hydrogen-bond acceptors (Lipinski definition) is 4. The fourth-order valence-electron chi connectivity index (χ4n) is 0.734. The summed E-state index contributed by atoms with van der Waals surface area (Å²) in [5, 5.41) is 3.55. The normalized spacial score (nSPS) is 10.1. The highest BCUT2D eigenvalue weighted by atomic mass is 35.5. The minimum absolute atomic E-state index is 0.319. The third kappa shape index (κ3) is 3.76. The third-order valence-corrected chi connectivity index (χ3v) is 1.64. The molecule has 0 radical (unpaired) electrons. The van der Waals surface area contributed by atoms with Gasteiger partial charge in [-0.3, -0.25) is 0 Å². The van der Waals surface area contributed by atoms with Crippen LogP contribution in [0.2, 0.25) is 10.3 Å². The van der Waals surface area contributed by atoms with Gasteiger partial charge in [0, 0.05) is 19.7 Å². The molecular weight excluding hydrogens is 213 g/mol. The van der Waals surface area contributed by atoms with Crippen molar-refractivity contribution in [2.75, 3.05) is 25.6 Å². The van der Waals surface area contributed by atoms with Crippen molar-refractivity contribution in [2.45, 2.75) is 0 Å². The molecule has 0 fully saturated rings. The second-order valence-electron chi connectivity index (χ2n) is 2.26. The van der Waals surface area contributed by atoms with E-state index in [1.165, 1.54) is 6.07 Å². The molecule has 1 rings (SSSR count). The molecule has 0 spiro atoms. The average molecular weight is 222 g/mol. The van der Waals surface area contributed by atoms with Gasteiger partial charge in [-0.25, -0.2) is 9.97 Å². The highest BCUT2D eigenvalue weighted by Gasteiger charge is 1.99. The van der Waals surface area contributed by atoms with Crippen LogP contribution in [0.5, 0.6) is 0 Å². The van der Waals surface area contributed by atoms with E-state index in [2.05, 4.69) is 15.3 Å². The van der Waals surface area contributed by atoms with Crippen molar-refractivity contribution in [3.05, 3.63) is 16.4 Å². The number of nitrogens with zero attached hydrogens (tertiary/aromatic N) is 2. The van der Waals surface area contributed by atoms with Crippen molar-refractivity contribution in [3.8, 4) is 0 Å². The molecule has 0 aromatic carbocycles. The van der Waals surface area contributed by atoms with Gasteiger partial charge in [-0.05, 0) is 0 Å². The first-order chi connectivity index (χ1) is 6.22. The van der Waals surface area contributed by atoms with Gasteiger partial charge >= 0.3 is 0 Å². The van der Waals surface area contributed by atoms with Gasteiger partial charge < -0.3 is 10.1 Å². The molecule has 1 N–H and O–H groups in total. The molecule has 0 aliphatic rings. The first-order valence-electron chi connectivity index (χ1n) is 3.65. The van der Waals surface area contributed by atoms with Crippen molar-refractivity contribution in [2.24, 2.45) is 0 Å². The van der Waals surface area contributed by atoms with Crippen LogP contribution in [-0.2, 0) is 4.74 Å². The number of ether oxygens (including phenoxy) is 1. The standard InChI is InChI=1S/C7H9Cl2N3O/c1-13-3-2-10-7-11-5(8)4-6(9)12-7/h4H,2-3H2,1H3,(H,10,11,12). The predicted molar refractivity (Wildman–Crippen MR) is 52.4 cm³/mol. The van der Waals surface area contributed by atoms with Crippen LogP contribution >= 0.6 is 23.2 Å². The maximum Gasteiger partial charge on any atom is 0.225 e. The van der Waals surface area contributed by atoms with E-state index in [-0.39, 0.29) is 0 Å². The minimum Gasteiger partial charge on any atom is -0.383 e. The number of nitrogens with one attached hydrogen (secondary N) is 1. The Balaban J connectivity index is 2.56. The molecule has 0 amide bonds. The Hall–Kier alpha value is -0.580. The summed E-state index contributed by atoms with van der Waals surface area (Å²) < 4.78 is 4.84. The fraction of sp³-hybridized carbons (Fsp3) is 0.429. The third-order valence-electron chi connectivity index (χ3n) is 1.25. The van der Waals surface area contributed by atoms with Crippen molar-refractivity contribution in [1.29, 1.82) is 0 Å². The number of rotatable bonds is 4. The second-order valence-corrected chi connectivity index (χ2v) is 3.03. The first-order valence-corrected chi connectivity index (χ1v) is 4.41. The van der Waals surface area contributed by atoms with Gasteiger partial charge in [-0.2, -0.15) is 0 Å². The zero-order valence-corrected chi connectivity index (χ0v) is 8.56. The molecule has 0 saturated heterocycles. The molecule has 13 heavy (non-hydrogen) atoms. The lowest BCUT2D eigenvalue weighted by molar-refractivity contribution is 0.210. The first kappa shape index (κ1) is 10.5. The van der Waals surface area contributed by atoms with E-state index in [1.807, 2.05) is 0 Å². The highest BCUT2D eigenvalue weighted by molar-refractivity contribution is 6.33. The van der Waals surface area contributed by atoms with E-state index in [0.29, 0.717) is 29.4 Å². The van der Waals surface area contributed by atoms with E-state index in [1.54, 1.807) is 7.11 Å². The molecule has 0 saturated carbocycles. The summed E-state index contributed by atoms with van der Waals surface area (Å²) in [5.41, 5.74) is 0. The Morgan fingerprint density at radius 1 is 1.38 bits per heavy atom. The van der Waals surface area contributed by atoms with Crippen LogP contribution in [0.25, 0.3) is 0 Å². The summed E-state index contributed by atoms with van der Waals surface area (Å²) in [6.45, 7) is 1.20. The number of hydrogen-bond donors (Lipinski definition) is 1. The molecular formula is C7H9Cl2N3O. The van der Waals surface area contributed by atoms with Crippen LogP contribution in [0.4, 0.5) is 5.95 Å². The van der Waals surface area contributed by atoms with Gasteiger partial charge in [-0.1, -0.05) is 23.2 Å². The largest absolute Gasteiger partial charge is 0.383 e. The van der Waals surface area contributed by atoms with Crippen LogP contribution in [0, 0.1) is 0 Å². The van der Waals surface area contributed by atoms with E-state index in [9.17, 15) is 0 Å². The topological polar surface area (TPSA) is 47.0 Å². The summed E-state index contributed by atoms with van der Waals surface area (Å²) in [6, 6.07) is 1.48. The second kappa shape index (κ2) is 5.21. The van der Waals surface area contributed by atoms with Gasteiger partial charge in [0.15, 0.2) is 0 Å². The van der Waals surface area contributed by atoms with Gasteiger partial charge in [0.1, 0.15) is 10.3 Å². The molecule has 0 aliphatic carbocycles. The van der Waals surface area contributed by atoms with E-state index >= 15 is 0 Å². The van der Waals surface area contributed by atoms with Gasteiger partial charge in [0.2, 0.25) is 5.95 Å². The zero-order valence-electron chi connectivity index (χ0n) is 7.05.